The molecule has 0 bridgehead atoms. The van der Waals surface area contributed by atoms with Crippen LogP contribution < -0.4 is 9.46 Å². The zero-order chi connectivity index (χ0) is 17.0. The van der Waals surface area contributed by atoms with E-state index >= 15 is 0 Å². The highest BCUT2D eigenvalue weighted by Gasteiger charge is 2.34. The van der Waals surface area contributed by atoms with Gasteiger partial charge >= 0.3 is 12.3 Å². The lowest BCUT2D eigenvalue weighted by atomic mass is 10.2. The number of carboxylic acid groups (broad SMARTS) is 1. The maximum Gasteiger partial charge on any atom is 0.573 e. The first-order chi connectivity index (χ1) is 10.1. The molecule has 10 heteroatoms. The standard InChI is InChI=1S/C12H14F3NO5S/c1-2-5-8(11(17)18)16-22(19,20)10-7-4-3-6-9(10)21-12(13,14)15/h3-4,6-8,16H,2,5H2,1H3,(H,17,18). The molecule has 0 amide bonds. The fourth-order valence-corrected chi connectivity index (χ4v) is 3.01. The Hall–Kier alpha value is -1.81. The summed E-state index contributed by atoms with van der Waals surface area (Å²) in [5.74, 6) is -2.34. The van der Waals surface area contributed by atoms with E-state index in [1.165, 1.54) is 12.1 Å². The Balaban J connectivity index is 3.15. The second-order valence-corrected chi connectivity index (χ2v) is 5.98. The third kappa shape index (κ3) is 5.19. The summed E-state index contributed by atoms with van der Waals surface area (Å²) in [5.41, 5.74) is 0. The van der Waals surface area contributed by atoms with Crippen molar-refractivity contribution in [2.24, 2.45) is 0 Å². The van der Waals surface area contributed by atoms with Crippen molar-refractivity contribution < 1.29 is 36.2 Å². The number of hydrogen-bond acceptors (Lipinski definition) is 4. The van der Waals surface area contributed by atoms with Gasteiger partial charge in [-0.1, -0.05) is 25.5 Å². The molecule has 0 fully saturated rings. The maximum atomic E-state index is 12.3. The van der Waals surface area contributed by atoms with E-state index in [9.17, 15) is 26.4 Å². The largest absolute Gasteiger partial charge is 0.573 e. The molecular formula is C12H14F3NO5S. The number of ether oxygens (including phenoxy) is 1. The quantitative estimate of drug-likeness (QED) is 0.792. The summed E-state index contributed by atoms with van der Waals surface area (Å²) >= 11 is 0. The van der Waals surface area contributed by atoms with Crippen molar-refractivity contribution >= 4 is 16.0 Å². The van der Waals surface area contributed by atoms with Gasteiger partial charge in [0.15, 0.2) is 0 Å². The molecule has 0 aromatic heterocycles. The van der Waals surface area contributed by atoms with E-state index in [1.807, 2.05) is 4.72 Å². The van der Waals surface area contributed by atoms with Gasteiger partial charge in [-0.05, 0) is 18.6 Å². The van der Waals surface area contributed by atoms with Gasteiger partial charge in [-0.25, -0.2) is 8.42 Å². The number of alkyl halides is 3. The van der Waals surface area contributed by atoms with Gasteiger partial charge in [-0.2, -0.15) is 4.72 Å². The third-order valence-corrected chi connectivity index (χ3v) is 4.05. The van der Waals surface area contributed by atoms with E-state index in [2.05, 4.69) is 4.74 Å². The van der Waals surface area contributed by atoms with E-state index in [4.69, 9.17) is 5.11 Å². The molecule has 0 aliphatic rings. The Labute approximate surface area is 124 Å². The van der Waals surface area contributed by atoms with E-state index < -0.39 is 39.0 Å². The molecule has 6 nitrogen and oxygen atoms in total. The summed E-state index contributed by atoms with van der Waals surface area (Å²) in [4.78, 5) is 10.2. The van der Waals surface area contributed by atoms with E-state index in [0.29, 0.717) is 6.42 Å². The first-order valence-electron chi connectivity index (χ1n) is 6.16. The molecule has 1 rings (SSSR count). The van der Waals surface area contributed by atoms with Crippen LogP contribution in [0.1, 0.15) is 19.8 Å². The van der Waals surface area contributed by atoms with Gasteiger partial charge in [0, 0.05) is 0 Å². The van der Waals surface area contributed by atoms with E-state index in [-0.39, 0.29) is 6.42 Å². The average Bonchev–Trinajstić information content (AvgIpc) is 2.36. The van der Waals surface area contributed by atoms with Crippen LogP contribution in [0.2, 0.25) is 0 Å². The third-order valence-electron chi connectivity index (χ3n) is 2.54. The smallest absolute Gasteiger partial charge is 0.480 e. The van der Waals surface area contributed by atoms with Crippen molar-refractivity contribution in [1.82, 2.24) is 4.72 Å². The SMILES string of the molecule is CCCC(NS(=O)(=O)c1ccccc1OC(F)(F)F)C(=O)O. The minimum absolute atomic E-state index is 0.00312. The molecular weight excluding hydrogens is 327 g/mol. The number of rotatable bonds is 7. The lowest BCUT2D eigenvalue weighted by Crippen LogP contribution is -2.40. The van der Waals surface area contributed by atoms with Crippen molar-refractivity contribution in [2.75, 3.05) is 0 Å². The monoisotopic (exact) mass is 341 g/mol. The van der Waals surface area contributed by atoms with Gasteiger partial charge < -0.3 is 9.84 Å². The molecule has 0 heterocycles. The molecule has 0 aliphatic carbocycles. The summed E-state index contributed by atoms with van der Waals surface area (Å²) in [6.45, 7) is 1.64. The van der Waals surface area contributed by atoms with Crippen molar-refractivity contribution in [3.05, 3.63) is 24.3 Å². The molecule has 1 aromatic carbocycles. The topological polar surface area (TPSA) is 92.7 Å². The van der Waals surface area contributed by atoms with Crippen LogP contribution in [0.25, 0.3) is 0 Å². The number of carboxylic acids is 1. The molecule has 22 heavy (non-hydrogen) atoms. The van der Waals surface area contributed by atoms with Crippen LogP contribution in [-0.4, -0.2) is 31.9 Å². The molecule has 2 N–H and O–H groups in total. The zero-order valence-electron chi connectivity index (χ0n) is 11.4. The Kier molecular flexibility index (Phi) is 5.78. The van der Waals surface area contributed by atoms with Crippen molar-refractivity contribution in [3.63, 3.8) is 0 Å². The highest BCUT2D eigenvalue weighted by Crippen LogP contribution is 2.29. The Morgan fingerprint density at radius 1 is 1.36 bits per heavy atom. The van der Waals surface area contributed by atoms with Gasteiger partial charge in [0.05, 0.1) is 0 Å². The maximum absolute atomic E-state index is 12.3. The van der Waals surface area contributed by atoms with Crippen LogP contribution in [0.5, 0.6) is 5.75 Å². The predicted molar refractivity (Wildman–Crippen MR) is 69.8 cm³/mol. The number of sulfonamides is 1. The normalized spacial score (nSPS) is 13.6. The zero-order valence-corrected chi connectivity index (χ0v) is 12.2. The van der Waals surface area contributed by atoms with Gasteiger partial charge in [-0.3, -0.25) is 4.79 Å². The number of halogens is 3. The Bertz CT molecular complexity index is 630. The van der Waals surface area contributed by atoms with Crippen molar-refractivity contribution in [2.45, 2.75) is 37.1 Å². The number of para-hydroxylation sites is 1. The second-order valence-electron chi connectivity index (χ2n) is 4.30. The van der Waals surface area contributed by atoms with E-state index in [1.54, 1.807) is 6.92 Å². The number of hydrogen-bond donors (Lipinski definition) is 2. The van der Waals surface area contributed by atoms with Crippen LogP contribution in [0.4, 0.5) is 13.2 Å². The van der Waals surface area contributed by atoms with Crippen LogP contribution >= 0.6 is 0 Å². The number of benzene rings is 1. The Morgan fingerprint density at radius 2 is 1.95 bits per heavy atom. The number of nitrogens with one attached hydrogen (secondary N) is 1. The Morgan fingerprint density at radius 3 is 2.45 bits per heavy atom. The van der Waals surface area contributed by atoms with Crippen LogP contribution in [0.15, 0.2) is 29.2 Å². The summed E-state index contributed by atoms with van der Waals surface area (Å²) in [5, 5.41) is 8.93. The summed E-state index contributed by atoms with van der Waals surface area (Å²) in [6.07, 6.45) is -4.70. The molecule has 0 saturated carbocycles. The minimum Gasteiger partial charge on any atom is -0.480 e. The van der Waals surface area contributed by atoms with E-state index in [0.717, 1.165) is 12.1 Å². The van der Waals surface area contributed by atoms with Crippen molar-refractivity contribution in [1.29, 1.82) is 0 Å². The summed E-state index contributed by atoms with van der Waals surface area (Å²) in [7, 11) is -4.49. The highest BCUT2D eigenvalue weighted by atomic mass is 32.2. The summed E-state index contributed by atoms with van der Waals surface area (Å²) < 4.78 is 66.6. The number of carbonyl (C=O) groups is 1. The van der Waals surface area contributed by atoms with Gasteiger partial charge in [0.2, 0.25) is 10.0 Å². The number of aliphatic carboxylic acids is 1. The molecule has 0 spiro atoms. The van der Waals surface area contributed by atoms with Crippen LogP contribution in [0.3, 0.4) is 0 Å². The highest BCUT2D eigenvalue weighted by molar-refractivity contribution is 7.89. The second kappa shape index (κ2) is 6.97. The fourth-order valence-electron chi connectivity index (χ4n) is 1.65. The fraction of sp³-hybridized carbons (Fsp3) is 0.417. The molecule has 0 aliphatic heterocycles. The predicted octanol–water partition coefficient (Wildman–Crippen LogP) is 2.12. The molecule has 1 aromatic rings. The lowest BCUT2D eigenvalue weighted by Gasteiger charge is -2.17. The molecule has 1 atom stereocenters. The van der Waals surface area contributed by atoms with Gasteiger partial charge in [0.1, 0.15) is 16.7 Å². The summed E-state index contributed by atoms with van der Waals surface area (Å²) in [6, 6.07) is 2.66. The molecule has 0 saturated heterocycles. The molecule has 124 valence electrons. The van der Waals surface area contributed by atoms with Crippen molar-refractivity contribution in [3.8, 4) is 5.75 Å². The first-order valence-corrected chi connectivity index (χ1v) is 7.65. The molecule has 0 radical (unpaired) electrons. The molecule has 1 unspecified atom stereocenters. The van der Waals surface area contributed by atoms with Crippen LogP contribution in [0, 0.1) is 0 Å². The lowest BCUT2D eigenvalue weighted by molar-refractivity contribution is -0.275. The van der Waals surface area contributed by atoms with Gasteiger partial charge in [-0.15, -0.1) is 13.2 Å². The van der Waals surface area contributed by atoms with Gasteiger partial charge in [0.25, 0.3) is 0 Å². The average molecular weight is 341 g/mol. The van der Waals surface area contributed by atoms with Crippen LogP contribution in [-0.2, 0) is 14.8 Å². The minimum atomic E-state index is -5.07. The first kappa shape index (κ1) is 18.2.